The molecule has 0 aromatic heterocycles. The van der Waals surface area contributed by atoms with Crippen molar-refractivity contribution in [1.29, 1.82) is 0 Å². The van der Waals surface area contributed by atoms with Gasteiger partial charge in [-0.15, -0.1) is 24.0 Å². The predicted molar refractivity (Wildman–Crippen MR) is 148 cm³/mol. The monoisotopic (exact) mass is 573 g/mol. The van der Waals surface area contributed by atoms with Gasteiger partial charge in [0.15, 0.2) is 5.96 Å². The minimum atomic E-state index is 0. The molecule has 33 heavy (non-hydrogen) atoms. The lowest BCUT2D eigenvalue weighted by molar-refractivity contribution is -0.130. The topological polar surface area (TPSA) is 69.2 Å². The Kier molecular flexibility index (Phi) is 16.0. The van der Waals surface area contributed by atoms with Crippen LogP contribution in [-0.4, -0.2) is 74.1 Å². The molecule has 2 rings (SSSR count). The van der Waals surface area contributed by atoms with Crippen molar-refractivity contribution >= 4 is 35.8 Å². The van der Waals surface area contributed by atoms with Crippen LogP contribution >= 0.6 is 24.0 Å². The maximum absolute atomic E-state index is 12.1. The maximum Gasteiger partial charge on any atom is 0.222 e. The largest absolute Gasteiger partial charge is 0.492 e. The molecular formula is C25H44IN5O2. The second kappa shape index (κ2) is 17.9. The minimum absolute atomic E-state index is 0. The van der Waals surface area contributed by atoms with Gasteiger partial charge in [-0.1, -0.05) is 38.5 Å². The number of halogens is 1. The lowest BCUT2D eigenvalue weighted by Gasteiger charge is -2.21. The summed E-state index contributed by atoms with van der Waals surface area (Å²) in [7, 11) is 0. The Morgan fingerprint density at radius 3 is 2.67 bits per heavy atom. The number of nitrogens with one attached hydrogen (secondary N) is 2. The summed E-state index contributed by atoms with van der Waals surface area (Å²) in [5.41, 5.74) is 1.08. The fraction of sp³-hybridized carbons (Fsp3) is 0.680. The standard InChI is InChI=1S/C25H43N5O2.HI/c1-4-26-25(27-16-12-18-30-17-11-7-8-15-24(30)31)28-21-22-13-9-10-14-23(22)32-20-19-29(5-2)6-3;/h9-10,13-14H,4-8,11-12,15-21H2,1-3H3,(H2,26,27,28);1H. The number of hydrogen-bond acceptors (Lipinski definition) is 4. The molecular weight excluding hydrogens is 529 g/mol. The Morgan fingerprint density at radius 1 is 1.12 bits per heavy atom. The highest BCUT2D eigenvalue weighted by atomic mass is 127. The summed E-state index contributed by atoms with van der Waals surface area (Å²) in [6.45, 7) is 14.0. The summed E-state index contributed by atoms with van der Waals surface area (Å²) in [5, 5.41) is 6.72. The number of benzene rings is 1. The van der Waals surface area contributed by atoms with E-state index in [4.69, 9.17) is 9.73 Å². The average molecular weight is 574 g/mol. The van der Waals surface area contributed by atoms with Crippen LogP contribution < -0.4 is 15.4 Å². The van der Waals surface area contributed by atoms with Crippen molar-refractivity contribution in [3.63, 3.8) is 0 Å². The summed E-state index contributed by atoms with van der Waals surface area (Å²) < 4.78 is 6.06. The quantitative estimate of drug-likeness (QED) is 0.162. The molecule has 8 heteroatoms. The van der Waals surface area contributed by atoms with Crippen molar-refractivity contribution in [2.24, 2.45) is 4.99 Å². The molecule has 1 saturated heterocycles. The molecule has 1 aromatic rings. The third kappa shape index (κ3) is 11.4. The molecule has 1 heterocycles. The number of likely N-dealkylation sites (tertiary alicyclic amines) is 1. The molecule has 1 aromatic carbocycles. The van der Waals surface area contributed by atoms with Crippen molar-refractivity contribution < 1.29 is 9.53 Å². The van der Waals surface area contributed by atoms with E-state index in [1.165, 1.54) is 6.42 Å². The van der Waals surface area contributed by atoms with Crippen molar-refractivity contribution in [3.8, 4) is 5.75 Å². The first-order valence-electron chi connectivity index (χ1n) is 12.4. The molecule has 0 atom stereocenters. The Bertz CT molecular complexity index is 697. The second-order valence-corrected chi connectivity index (χ2v) is 8.15. The van der Waals surface area contributed by atoms with Crippen LogP contribution in [0.4, 0.5) is 0 Å². The summed E-state index contributed by atoms with van der Waals surface area (Å²) in [4.78, 5) is 21.3. The molecule has 0 spiro atoms. The highest BCUT2D eigenvalue weighted by molar-refractivity contribution is 14.0. The summed E-state index contributed by atoms with van der Waals surface area (Å²) in [6, 6.07) is 8.13. The van der Waals surface area contributed by atoms with Gasteiger partial charge in [0.05, 0.1) is 6.54 Å². The van der Waals surface area contributed by atoms with Gasteiger partial charge in [0, 0.05) is 44.7 Å². The Labute approximate surface area is 217 Å². The van der Waals surface area contributed by atoms with Gasteiger partial charge in [0.2, 0.25) is 5.91 Å². The number of carbonyl (C=O) groups excluding carboxylic acids is 1. The molecule has 1 aliphatic rings. The summed E-state index contributed by atoms with van der Waals surface area (Å²) >= 11 is 0. The molecule has 7 nitrogen and oxygen atoms in total. The predicted octanol–water partition coefficient (Wildman–Crippen LogP) is 3.87. The van der Waals surface area contributed by atoms with E-state index in [9.17, 15) is 4.79 Å². The number of amides is 1. The van der Waals surface area contributed by atoms with Crippen molar-refractivity contribution in [3.05, 3.63) is 29.8 Å². The van der Waals surface area contributed by atoms with Crippen LogP contribution in [0.15, 0.2) is 29.3 Å². The van der Waals surface area contributed by atoms with Crippen LogP contribution in [0.1, 0.15) is 58.4 Å². The van der Waals surface area contributed by atoms with Crippen LogP contribution in [0.3, 0.4) is 0 Å². The van der Waals surface area contributed by atoms with E-state index in [0.717, 1.165) is 82.3 Å². The molecule has 0 unspecified atom stereocenters. The molecule has 1 amide bonds. The first-order chi connectivity index (χ1) is 15.7. The molecule has 1 aliphatic heterocycles. The van der Waals surface area contributed by atoms with Gasteiger partial charge in [0.1, 0.15) is 12.4 Å². The van der Waals surface area contributed by atoms with E-state index in [1.807, 2.05) is 23.1 Å². The van der Waals surface area contributed by atoms with Gasteiger partial charge in [-0.05, 0) is 45.3 Å². The third-order valence-corrected chi connectivity index (χ3v) is 5.85. The van der Waals surface area contributed by atoms with Gasteiger partial charge < -0.3 is 25.2 Å². The first kappa shape index (κ1) is 29.5. The van der Waals surface area contributed by atoms with Crippen molar-refractivity contribution in [1.82, 2.24) is 20.4 Å². The smallest absolute Gasteiger partial charge is 0.222 e. The Hall–Kier alpha value is -1.55. The van der Waals surface area contributed by atoms with E-state index < -0.39 is 0 Å². The van der Waals surface area contributed by atoms with Crippen LogP contribution in [0, 0.1) is 0 Å². The van der Waals surface area contributed by atoms with Crippen LogP contribution in [-0.2, 0) is 11.3 Å². The number of aliphatic imine (C=N–C) groups is 1. The number of carbonyl (C=O) groups is 1. The van der Waals surface area contributed by atoms with E-state index in [1.54, 1.807) is 0 Å². The summed E-state index contributed by atoms with van der Waals surface area (Å²) in [5.74, 6) is 2.01. The van der Waals surface area contributed by atoms with Gasteiger partial charge in [-0.25, -0.2) is 4.99 Å². The lowest BCUT2D eigenvalue weighted by atomic mass is 10.2. The molecule has 0 aliphatic carbocycles. The molecule has 188 valence electrons. The highest BCUT2D eigenvalue weighted by Crippen LogP contribution is 2.19. The number of hydrogen-bond donors (Lipinski definition) is 2. The number of likely N-dealkylation sites (N-methyl/N-ethyl adjacent to an activating group) is 1. The van der Waals surface area contributed by atoms with Gasteiger partial charge in [0.25, 0.3) is 0 Å². The van der Waals surface area contributed by atoms with Gasteiger partial charge in [-0.3, -0.25) is 4.79 Å². The number of ether oxygens (including phenoxy) is 1. The molecule has 0 radical (unpaired) electrons. The van der Waals surface area contributed by atoms with E-state index in [-0.39, 0.29) is 24.0 Å². The van der Waals surface area contributed by atoms with Crippen LogP contribution in [0.25, 0.3) is 0 Å². The molecule has 0 saturated carbocycles. The minimum Gasteiger partial charge on any atom is -0.492 e. The summed E-state index contributed by atoms with van der Waals surface area (Å²) in [6.07, 6.45) is 4.94. The van der Waals surface area contributed by atoms with Crippen molar-refractivity contribution in [2.45, 2.75) is 59.4 Å². The zero-order valence-electron chi connectivity index (χ0n) is 20.8. The number of rotatable bonds is 13. The Balaban J connectivity index is 0.00000544. The fourth-order valence-electron chi connectivity index (χ4n) is 3.86. The van der Waals surface area contributed by atoms with Crippen molar-refractivity contribution in [2.75, 3.05) is 52.4 Å². The van der Waals surface area contributed by atoms with Gasteiger partial charge in [-0.2, -0.15) is 0 Å². The first-order valence-corrected chi connectivity index (χ1v) is 12.4. The second-order valence-electron chi connectivity index (χ2n) is 8.15. The highest BCUT2D eigenvalue weighted by Gasteiger charge is 2.15. The molecule has 2 N–H and O–H groups in total. The fourth-order valence-corrected chi connectivity index (χ4v) is 3.86. The Morgan fingerprint density at radius 2 is 1.91 bits per heavy atom. The molecule has 0 bridgehead atoms. The zero-order chi connectivity index (χ0) is 23.0. The average Bonchev–Trinajstić information content (AvgIpc) is 3.02. The normalized spacial score (nSPS) is 14.6. The third-order valence-electron chi connectivity index (χ3n) is 5.85. The zero-order valence-corrected chi connectivity index (χ0v) is 23.1. The SMILES string of the molecule is CCNC(=NCc1ccccc1OCCN(CC)CC)NCCCN1CCCCCC1=O.I. The number of nitrogens with zero attached hydrogens (tertiary/aromatic N) is 3. The number of guanidine groups is 1. The van der Waals surface area contributed by atoms with Gasteiger partial charge >= 0.3 is 0 Å². The van der Waals surface area contributed by atoms with E-state index >= 15 is 0 Å². The van der Waals surface area contributed by atoms with E-state index in [0.29, 0.717) is 25.5 Å². The molecule has 1 fully saturated rings. The van der Waals surface area contributed by atoms with Crippen LogP contribution in [0.5, 0.6) is 5.75 Å². The van der Waals surface area contributed by atoms with E-state index in [2.05, 4.69) is 42.4 Å². The van der Waals surface area contributed by atoms with Crippen LogP contribution in [0.2, 0.25) is 0 Å². The lowest BCUT2D eigenvalue weighted by Crippen LogP contribution is -2.39. The number of para-hydroxylation sites is 1. The maximum atomic E-state index is 12.1.